The van der Waals surface area contributed by atoms with Crippen LogP contribution in [0.5, 0.6) is 5.75 Å². The maximum Gasteiger partial charge on any atom is 0.258 e. The largest absolute Gasteiger partial charge is 0.484 e. The van der Waals surface area contributed by atoms with Gasteiger partial charge in [-0.15, -0.1) is 11.3 Å². The van der Waals surface area contributed by atoms with Crippen LogP contribution in [0.15, 0.2) is 66.0 Å². The molecule has 0 saturated heterocycles. The highest BCUT2D eigenvalue weighted by Crippen LogP contribution is 2.30. The molecule has 0 aliphatic carbocycles. The molecule has 0 fully saturated rings. The molecule has 4 nitrogen and oxygen atoms in total. The molecule has 1 amide bonds. The molecule has 0 spiro atoms. The van der Waals surface area contributed by atoms with Crippen LogP contribution < -0.4 is 10.1 Å². The number of halogens is 1. The van der Waals surface area contributed by atoms with Crippen LogP contribution in [0.25, 0.3) is 0 Å². The molecule has 1 atom stereocenters. The number of thiophene rings is 1. The normalized spacial score (nSPS) is 14.8. The van der Waals surface area contributed by atoms with E-state index in [-0.39, 0.29) is 18.6 Å². The Labute approximate surface area is 180 Å². The van der Waals surface area contributed by atoms with Crippen LogP contribution in [0.4, 0.5) is 0 Å². The third-order valence-corrected chi connectivity index (χ3v) is 6.37. The minimum absolute atomic E-state index is 0.0123. The van der Waals surface area contributed by atoms with Crippen molar-refractivity contribution in [1.82, 2.24) is 10.2 Å². The molecule has 2 aromatic carbocycles. The third-order valence-electron chi connectivity index (χ3n) is 5.15. The molecule has 0 unspecified atom stereocenters. The maximum absolute atomic E-state index is 12.4. The van der Waals surface area contributed by atoms with Gasteiger partial charge in [0.15, 0.2) is 6.61 Å². The van der Waals surface area contributed by atoms with E-state index in [4.69, 9.17) is 16.3 Å². The monoisotopic (exact) mass is 426 g/mol. The molecule has 2 heterocycles. The number of nitrogens with one attached hydrogen (secondary N) is 1. The third kappa shape index (κ3) is 5.18. The van der Waals surface area contributed by atoms with Gasteiger partial charge in [-0.2, -0.15) is 0 Å². The van der Waals surface area contributed by atoms with Crippen LogP contribution in [-0.2, 0) is 17.8 Å². The van der Waals surface area contributed by atoms with Gasteiger partial charge in [0.25, 0.3) is 5.91 Å². The van der Waals surface area contributed by atoms with E-state index in [9.17, 15) is 4.79 Å². The second-order valence-corrected chi connectivity index (χ2v) is 8.48. The van der Waals surface area contributed by atoms with Crippen LogP contribution >= 0.6 is 22.9 Å². The number of rotatable bonds is 7. The summed E-state index contributed by atoms with van der Waals surface area (Å²) in [7, 11) is 0. The minimum Gasteiger partial charge on any atom is -0.484 e. The predicted molar refractivity (Wildman–Crippen MR) is 118 cm³/mol. The van der Waals surface area contributed by atoms with Crippen molar-refractivity contribution in [3.05, 3.63) is 87.1 Å². The van der Waals surface area contributed by atoms with Crippen molar-refractivity contribution in [2.24, 2.45) is 0 Å². The predicted octanol–water partition coefficient (Wildman–Crippen LogP) is 4.70. The second-order valence-electron chi connectivity index (χ2n) is 7.07. The van der Waals surface area contributed by atoms with Gasteiger partial charge in [0.05, 0.1) is 6.04 Å². The summed E-state index contributed by atoms with van der Waals surface area (Å²) in [6, 6.07) is 20.0. The molecule has 0 bridgehead atoms. The average molecular weight is 427 g/mol. The first-order chi connectivity index (χ1) is 14.2. The zero-order valence-corrected chi connectivity index (χ0v) is 17.6. The van der Waals surface area contributed by atoms with Crippen molar-refractivity contribution in [2.75, 3.05) is 19.7 Å². The number of hydrogen-bond acceptors (Lipinski definition) is 4. The van der Waals surface area contributed by atoms with Crippen LogP contribution in [0.1, 0.15) is 22.0 Å². The molecule has 4 rings (SSSR count). The summed E-state index contributed by atoms with van der Waals surface area (Å²) in [5.74, 6) is 0.505. The van der Waals surface area contributed by atoms with Crippen LogP contribution in [-0.4, -0.2) is 30.5 Å². The highest BCUT2D eigenvalue weighted by Gasteiger charge is 2.25. The number of carbonyl (C=O) groups is 1. The van der Waals surface area contributed by atoms with Crippen molar-refractivity contribution in [1.29, 1.82) is 0 Å². The minimum atomic E-state index is -0.126. The zero-order chi connectivity index (χ0) is 20.1. The zero-order valence-electron chi connectivity index (χ0n) is 16.0. The van der Waals surface area contributed by atoms with Crippen molar-refractivity contribution in [3.63, 3.8) is 0 Å². The fourth-order valence-electron chi connectivity index (χ4n) is 3.62. The van der Waals surface area contributed by atoms with Crippen LogP contribution in [0, 0.1) is 0 Å². The van der Waals surface area contributed by atoms with Gasteiger partial charge in [0, 0.05) is 29.5 Å². The van der Waals surface area contributed by atoms with Crippen LogP contribution in [0.3, 0.4) is 0 Å². The summed E-state index contributed by atoms with van der Waals surface area (Å²) < 4.78 is 5.56. The van der Waals surface area contributed by atoms with Gasteiger partial charge in [-0.25, -0.2) is 0 Å². The number of fused-ring (bicyclic) bond motifs is 1. The lowest BCUT2D eigenvalue weighted by Gasteiger charge is -2.35. The Balaban J connectivity index is 1.37. The van der Waals surface area contributed by atoms with Crippen LogP contribution in [0.2, 0.25) is 5.02 Å². The lowest BCUT2D eigenvalue weighted by molar-refractivity contribution is -0.123. The van der Waals surface area contributed by atoms with E-state index in [0.717, 1.165) is 19.5 Å². The number of ether oxygens (including phenoxy) is 1. The molecule has 1 aromatic heterocycles. The standard InChI is InChI=1S/C23H23ClN2O2S/c24-19-7-9-20(10-8-19)28-16-23(27)25-14-21(22-6-3-13-29-22)26-12-11-17-4-1-2-5-18(17)15-26/h1-10,13,21H,11-12,14-16H2,(H,25,27)/t21-/m0/s1. The first kappa shape index (κ1) is 20.0. The van der Waals surface area contributed by atoms with E-state index >= 15 is 0 Å². The van der Waals surface area contributed by atoms with E-state index in [1.807, 2.05) is 0 Å². The number of benzene rings is 2. The molecule has 3 aromatic rings. The number of carbonyl (C=O) groups excluding carboxylic acids is 1. The van der Waals surface area contributed by atoms with Gasteiger partial charge in [-0.05, 0) is 53.3 Å². The van der Waals surface area contributed by atoms with Crippen molar-refractivity contribution in [2.45, 2.75) is 19.0 Å². The Kier molecular flexibility index (Phi) is 6.49. The highest BCUT2D eigenvalue weighted by molar-refractivity contribution is 7.10. The van der Waals surface area contributed by atoms with E-state index in [1.165, 1.54) is 16.0 Å². The van der Waals surface area contributed by atoms with E-state index in [0.29, 0.717) is 17.3 Å². The summed E-state index contributed by atoms with van der Waals surface area (Å²) in [6.07, 6.45) is 1.03. The molecular weight excluding hydrogens is 404 g/mol. The topological polar surface area (TPSA) is 41.6 Å². The first-order valence-corrected chi connectivity index (χ1v) is 10.9. The van der Waals surface area contributed by atoms with Crippen molar-refractivity contribution < 1.29 is 9.53 Å². The molecule has 1 N–H and O–H groups in total. The number of nitrogens with zero attached hydrogens (tertiary/aromatic N) is 1. The number of hydrogen-bond donors (Lipinski definition) is 1. The van der Waals surface area contributed by atoms with Gasteiger partial charge >= 0.3 is 0 Å². The Morgan fingerprint density at radius 1 is 1.10 bits per heavy atom. The molecular formula is C23H23ClN2O2S. The van der Waals surface area contributed by atoms with Gasteiger partial charge in [-0.3, -0.25) is 9.69 Å². The summed E-state index contributed by atoms with van der Waals surface area (Å²) in [4.78, 5) is 16.1. The Bertz CT molecular complexity index is 944. The molecule has 0 saturated carbocycles. The quantitative estimate of drug-likeness (QED) is 0.595. The maximum atomic E-state index is 12.4. The Hall–Kier alpha value is -2.34. The Morgan fingerprint density at radius 3 is 2.66 bits per heavy atom. The van der Waals surface area contributed by atoms with Gasteiger partial charge in [0.1, 0.15) is 5.75 Å². The molecule has 1 aliphatic rings. The van der Waals surface area contributed by atoms with E-state index in [2.05, 4.69) is 52.0 Å². The average Bonchev–Trinajstić information content (AvgIpc) is 3.28. The van der Waals surface area contributed by atoms with Gasteiger partial charge < -0.3 is 10.1 Å². The highest BCUT2D eigenvalue weighted by atomic mass is 35.5. The SMILES string of the molecule is O=C(COc1ccc(Cl)cc1)NC[C@@H](c1cccs1)N1CCc2ccccc2C1. The van der Waals surface area contributed by atoms with Crippen molar-refractivity contribution >= 4 is 28.8 Å². The summed E-state index contributed by atoms with van der Waals surface area (Å²) >= 11 is 7.61. The van der Waals surface area contributed by atoms with Crippen molar-refractivity contribution in [3.8, 4) is 5.75 Å². The fourth-order valence-corrected chi connectivity index (χ4v) is 4.60. The fraction of sp³-hybridized carbons (Fsp3) is 0.261. The summed E-state index contributed by atoms with van der Waals surface area (Å²) in [5, 5.41) is 5.78. The molecule has 29 heavy (non-hydrogen) atoms. The number of amides is 1. The van der Waals surface area contributed by atoms with Gasteiger partial charge in [-0.1, -0.05) is 41.9 Å². The molecule has 0 radical (unpaired) electrons. The van der Waals surface area contributed by atoms with E-state index < -0.39 is 0 Å². The van der Waals surface area contributed by atoms with Gasteiger partial charge in [0.2, 0.25) is 0 Å². The first-order valence-electron chi connectivity index (χ1n) is 9.68. The smallest absolute Gasteiger partial charge is 0.258 e. The lowest BCUT2D eigenvalue weighted by atomic mass is 9.98. The molecule has 6 heteroatoms. The molecule has 150 valence electrons. The summed E-state index contributed by atoms with van der Waals surface area (Å²) in [5.41, 5.74) is 2.80. The Morgan fingerprint density at radius 2 is 1.90 bits per heavy atom. The molecule has 1 aliphatic heterocycles. The lowest BCUT2D eigenvalue weighted by Crippen LogP contribution is -2.41. The second kappa shape index (κ2) is 9.44. The van der Waals surface area contributed by atoms with E-state index in [1.54, 1.807) is 35.6 Å². The summed E-state index contributed by atoms with van der Waals surface area (Å²) in [6.45, 7) is 2.43.